The summed E-state index contributed by atoms with van der Waals surface area (Å²) in [5.41, 5.74) is 0.946. The number of carbonyl (C=O) groups excluding carboxylic acids is 1. The Morgan fingerprint density at radius 2 is 1.96 bits per heavy atom. The lowest BCUT2D eigenvalue weighted by atomic mass is 9.85. The molecule has 136 valence electrons. The van der Waals surface area contributed by atoms with Crippen LogP contribution >= 0.6 is 11.8 Å². The molecule has 2 aromatic rings. The number of hydrogen-bond acceptors (Lipinski definition) is 4. The van der Waals surface area contributed by atoms with Gasteiger partial charge in [0, 0.05) is 17.8 Å². The summed E-state index contributed by atoms with van der Waals surface area (Å²) in [6, 6.07) is 14.1. The van der Waals surface area contributed by atoms with E-state index in [2.05, 4.69) is 17.1 Å². The van der Waals surface area contributed by atoms with Gasteiger partial charge >= 0.3 is 0 Å². The van der Waals surface area contributed by atoms with Gasteiger partial charge in [0.15, 0.2) is 5.50 Å². The molecule has 0 bridgehead atoms. The van der Waals surface area contributed by atoms with E-state index in [9.17, 15) is 4.79 Å². The smallest absolute Gasteiger partial charge is 0.263 e. The molecular weight excluding hydrogens is 344 g/mol. The number of benzene rings is 1. The van der Waals surface area contributed by atoms with Crippen LogP contribution in [0.5, 0.6) is 0 Å². The summed E-state index contributed by atoms with van der Waals surface area (Å²) >= 11 is 1.58. The van der Waals surface area contributed by atoms with Crippen LogP contribution < -0.4 is 5.32 Å². The lowest BCUT2D eigenvalue weighted by Gasteiger charge is -2.39. The molecule has 26 heavy (non-hydrogen) atoms. The van der Waals surface area contributed by atoms with Gasteiger partial charge in [0.1, 0.15) is 5.76 Å². The molecule has 4 nitrogen and oxygen atoms in total. The van der Waals surface area contributed by atoms with Gasteiger partial charge in [-0.2, -0.15) is 0 Å². The van der Waals surface area contributed by atoms with Crippen molar-refractivity contribution in [1.82, 2.24) is 4.90 Å². The SMILES string of the molecule is C[C@H]1CCCC[C@H]1N1C(=O)/C(=C/c2ccco2)SC1Nc1ccccc1. The topological polar surface area (TPSA) is 45.5 Å². The minimum absolute atomic E-state index is 0.0864. The summed E-state index contributed by atoms with van der Waals surface area (Å²) in [6.45, 7) is 2.27. The van der Waals surface area contributed by atoms with Crippen molar-refractivity contribution in [1.29, 1.82) is 0 Å². The molecule has 1 amide bonds. The first-order chi connectivity index (χ1) is 12.7. The number of amides is 1. The molecule has 1 saturated heterocycles. The van der Waals surface area contributed by atoms with E-state index in [1.807, 2.05) is 48.5 Å². The monoisotopic (exact) mass is 368 g/mol. The van der Waals surface area contributed by atoms with Gasteiger partial charge in [-0.05, 0) is 43.0 Å². The summed E-state index contributed by atoms with van der Waals surface area (Å²) < 4.78 is 5.42. The van der Waals surface area contributed by atoms with Crippen LogP contribution in [-0.4, -0.2) is 22.3 Å². The third-order valence-corrected chi connectivity index (χ3v) is 6.36. The van der Waals surface area contributed by atoms with Crippen LogP contribution in [0.2, 0.25) is 0 Å². The summed E-state index contributed by atoms with van der Waals surface area (Å²) in [6.07, 6.45) is 8.22. The maximum absolute atomic E-state index is 13.2. The van der Waals surface area contributed by atoms with E-state index in [4.69, 9.17) is 4.42 Å². The lowest BCUT2D eigenvalue weighted by Crippen LogP contribution is -2.48. The Kier molecular flexibility index (Phi) is 5.07. The van der Waals surface area contributed by atoms with Crippen molar-refractivity contribution in [3.8, 4) is 0 Å². The van der Waals surface area contributed by atoms with E-state index >= 15 is 0 Å². The minimum atomic E-state index is -0.0864. The number of para-hydroxylation sites is 1. The standard InChI is InChI=1S/C21H24N2O2S/c1-15-8-5-6-12-18(15)23-20(24)19(14-17-11-7-13-25-17)26-21(23)22-16-9-3-2-4-10-16/h2-4,7,9-11,13-15,18,21-22H,5-6,8,12H2,1H3/b19-14-/t15-,18+,21?/m0/s1. The molecule has 2 fully saturated rings. The number of nitrogens with zero attached hydrogens (tertiary/aromatic N) is 1. The Bertz CT molecular complexity index is 773. The quantitative estimate of drug-likeness (QED) is 0.756. The minimum Gasteiger partial charge on any atom is -0.465 e. The molecule has 1 unspecified atom stereocenters. The van der Waals surface area contributed by atoms with E-state index in [0.29, 0.717) is 5.92 Å². The van der Waals surface area contributed by atoms with Crippen LogP contribution in [0.15, 0.2) is 58.1 Å². The van der Waals surface area contributed by atoms with Crippen molar-refractivity contribution in [2.75, 3.05) is 5.32 Å². The fourth-order valence-electron chi connectivity index (χ4n) is 3.87. The molecule has 1 aromatic heterocycles. The molecule has 1 aliphatic heterocycles. The fourth-order valence-corrected chi connectivity index (χ4v) is 5.06. The zero-order valence-corrected chi connectivity index (χ0v) is 15.7. The van der Waals surface area contributed by atoms with Crippen molar-refractivity contribution in [2.24, 2.45) is 5.92 Å². The first kappa shape index (κ1) is 17.3. The normalized spacial score (nSPS) is 27.9. The highest BCUT2D eigenvalue weighted by Gasteiger charge is 2.42. The van der Waals surface area contributed by atoms with Crippen LogP contribution in [0.4, 0.5) is 5.69 Å². The molecule has 1 aromatic carbocycles. The van der Waals surface area contributed by atoms with Crippen LogP contribution in [0.3, 0.4) is 0 Å². The van der Waals surface area contributed by atoms with Gasteiger partial charge in [0.2, 0.25) is 0 Å². The molecule has 5 heteroatoms. The van der Waals surface area contributed by atoms with Gasteiger partial charge < -0.3 is 14.6 Å². The maximum atomic E-state index is 13.2. The predicted molar refractivity (Wildman–Crippen MR) is 106 cm³/mol. The van der Waals surface area contributed by atoms with Crippen molar-refractivity contribution in [3.63, 3.8) is 0 Å². The van der Waals surface area contributed by atoms with E-state index in [1.165, 1.54) is 19.3 Å². The number of rotatable bonds is 4. The average molecular weight is 369 g/mol. The maximum Gasteiger partial charge on any atom is 0.263 e. The van der Waals surface area contributed by atoms with Crippen LogP contribution in [0, 0.1) is 5.92 Å². The first-order valence-electron chi connectivity index (χ1n) is 9.28. The Balaban J connectivity index is 1.63. The number of hydrogen-bond donors (Lipinski definition) is 1. The number of carbonyl (C=O) groups is 1. The fraction of sp³-hybridized carbons (Fsp3) is 0.381. The largest absolute Gasteiger partial charge is 0.465 e. The van der Waals surface area contributed by atoms with Gasteiger partial charge in [-0.15, -0.1) is 0 Å². The second-order valence-electron chi connectivity index (χ2n) is 7.05. The van der Waals surface area contributed by atoms with Crippen molar-refractivity contribution in [2.45, 2.75) is 44.1 Å². The summed E-state index contributed by atoms with van der Waals surface area (Å²) in [5.74, 6) is 1.35. The highest BCUT2D eigenvalue weighted by molar-refractivity contribution is 8.05. The van der Waals surface area contributed by atoms with Gasteiger partial charge in [0.05, 0.1) is 11.2 Å². The summed E-state index contributed by atoms with van der Waals surface area (Å²) in [4.78, 5) is 16.0. The van der Waals surface area contributed by atoms with E-state index < -0.39 is 0 Å². The molecule has 0 spiro atoms. The van der Waals surface area contributed by atoms with E-state index in [-0.39, 0.29) is 17.4 Å². The van der Waals surface area contributed by atoms with Crippen LogP contribution in [0.25, 0.3) is 6.08 Å². The first-order valence-corrected chi connectivity index (χ1v) is 10.2. The van der Waals surface area contributed by atoms with Crippen LogP contribution in [0.1, 0.15) is 38.4 Å². The molecule has 1 N–H and O–H groups in total. The van der Waals surface area contributed by atoms with E-state index in [1.54, 1.807) is 18.0 Å². The molecule has 1 saturated carbocycles. The highest BCUT2D eigenvalue weighted by atomic mass is 32.2. The third kappa shape index (κ3) is 3.54. The van der Waals surface area contributed by atoms with Gasteiger partial charge in [0.25, 0.3) is 5.91 Å². The zero-order valence-electron chi connectivity index (χ0n) is 14.9. The third-order valence-electron chi connectivity index (χ3n) is 5.24. The second kappa shape index (κ2) is 7.62. The Labute approximate surface area is 158 Å². The number of thioether (sulfide) groups is 1. The number of nitrogens with one attached hydrogen (secondary N) is 1. The van der Waals surface area contributed by atoms with Gasteiger partial charge in [-0.3, -0.25) is 4.79 Å². The molecule has 4 rings (SSSR count). The van der Waals surface area contributed by atoms with Gasteiger partial charge in [-0.1, -0.05) is 49.7 Å². The predicted octanol–water partition coefficient (Wildman–Crippen LogP) is 5.17. The zero-order chi connectivity index (χ0) is 17.9. The van der Waals surface area contributed by atoms with Crippen molar-refractivity contribution >= 4 is 29.4 Å². The molecule has 2 heterocycles. The van der Waals surface area contributed by atoms with Crippen molar-refractivity contribution in [3.05, 3.63) is 59.4 Å². The average Bonchev–Trinajstić information content (AvgIpc) is 3.26. The highest BCUT2D eigenvalue weighted by Crippen LogP contribution is 2.42. The Morgan fingerprint density at radius 1 is 1.15 bits per heavy atom. The molecule has 0 radical (unpaired) electrons. The van der Waals surface area contributed by atoms with E-state index in [0.717, 1.165) is 22.8 Å². The molecular formula is C21H24N2O2S. The Hall–Kier alpha value is -2.14. The molecule has 3 atom stereocenters. The summed E-state index contributed by atoms with van der Waals surface area (Å²) in [7, 11) is 0. The second-order valence-corrected chi connectivity index (χ2v) is 8.17. The van der Waals surface area contributed by atoms with Crippen LogP contribution in [-0.2, 0) is 4.79 Å². The number of furan rings is 1. The number of anilines is 1. The molecule has 1 aliphatic carbocycles. The molecule has 2 aliphatic rings. The Morgan fingerprint density at radius 3 is 2.69 bits per heavy atom. The van der Waals surface area contributed by atoms with Gasteiger partial charge in [-0.25, -0.2) is 0 Å². The lowest BCUT2D eigenvalue weighted by molar-refractivity contribution is -0.129. The van der Waals surface area contributed by atoms with Crippen molar-refractivity contribution < 1.29 is 9.21 Å². The summed E-state index contributed by atoms with van der Waals surface area (Å²) in [5, 5.41) is 3.55.